The first-order valence-corrected chi connectivity index (χ1v) is 9.73. The summed E-state index contributed by atoms with van der Waals surface area (Å²) in [7, 11) is 0. The highest BCUT2D eigenvalue weighted by molar-refractivity contribution is 5.87. The van der Waals surface area contributed by atoms with Crippen molar-refractivity contribution in [3.63, 3.8) is 0 Å². The van der Waals surface area contributed by atoms with Crippen LogP contribution in [0.1, 0.15) is 26.3 Å². The minimum atomic E-state index is -0.499. The number of hydrogen-bond donors (Lipinski definition) is 0. The summed E-state index contributed by atoms with van der Waals surface area (Å²) in [6.07, 6.45) is -0.261. The summed E-state index contributed by atoms with van der Waals surface area (Å²) in [5.74, 6) is 0. The fourth-order valence-corrected chi connectivity index (χ4v) is 3.63. The number of benzene rings is 3. The van der Waals surface area contributed by atoms with Crippen molar-refractivity contribution >= 4 is 28.2 Å². The van der Waals surface area contributed by atoms with E-state index in [1.54, 1.807) is 4.90 Å². The number of anilines is 2. The van der Waals surface area contributed by atoms with Crippen LogP contribution in [0.25, 0.3) is 10.8 Å². The second-order valence-corrected chi connectivity index (χ2v) is 8.21. The van der Waals surface area contributed by atoms with Crippen LogP contribution in [0.5, 0.6) is 0 Å². The molecule has 1 aliphatic rings. The summed E-state index contributed by atoms with van der Waals surface area (Å²) in [5, 5.41) is 2.44. The zero-order valence-corrected chi connectivity index (χ0v) is 16.7. The van der Waals surface area contributed by atoms with Gasteiger partial charge in [0.25, 0.3) is 0 Å². The molecule has 1 heterocycles. The molecule has 0 bridgehead atoms. The molecule has 28 heavy (non-hydrogen) atoms. The maximum Gasteiger partial charge on any atom is 0.410 e. The summed E-state index contributed by atoms with van der Waals surface area (Å²) in [6, 6.07) is 23.2. The van der Waals surface area contributed by atoms with Gasteiger partial charge in [0.1, 0.15) is 5.60 Å². The molecular formula is C24H26N2O2. The molecule has 0 radical (unpaired) electrons. The van der Waals surface area contributed by atoms with Crippen molar-refractivity contribution < 1.29 is 9.53 Å². The maximum atomic E-state index is 12.7. The molecule has 0 fully saturated rings. The highest BCUT2D eigenvalue weighted by atomic mass is 16.6. The van der Waals surface area contributed by atoms with Crippen molar-refractivity contribution in [3.05, 3.63) is 72.3 Å². The van der Waals surface area contributed by atoms with Gasteiger partial charge in [0.2, 0.25) is 0 Å². The molecule has 0 aliphatic carbocycles. The molecule has 4 rings (SSSR count). The van der Waals surface area contributed by atoms with Gasteiger partial charge in [-0.15, -0.1) is 0 Å². The number of amides is 1. The normalized spacial score (nSPS) is 14.5. The minimum Gasteiger partial charge on any atom is -0.444 e. The lowest BCUT2D eigenvalue weighted by Gasteiger charge is -2.27. The molecule has 0 atom stereocenters. The largest absolute Gasteiger partial charge is 0.444 e. The Kier molecular flexibility index (Phi) is 4.71. The molecule has 3 aromatic rings. The Morgan fingerprint density at radius 2 is 1.61 bits per heavy atom. The van der Waals surface area contributed by atoms with Gasteiger partial charge < -0.3 is 14.5 Å². The van der Waals surface area contributed by atoms with Crippen molar-refractivity contribution in [2.24, 2.45) is 0 Å². The molecule has 3 aromatic carbocycles. The third-order valence-electron chi connectivity index (χ3n) is 4.93. The second kappa shape index (κ2) is 7.19. The number of carbonyl (C=O) groups excluding carboxylic acids is 1. The van der Waals surface area contributed by atoms with E-state index in [4.69, 9.17) is 4.74 Å². The van der Waals surface area contributed by atoms with Crippen molar-refractivity contribution in [2.45, 2.75) is 32.9 Å². The fourth-order valence-electron chi connectivity index (χ4n) is 3.63. The quantitative estimate of drug-likeness (QED) is 0.545. The SMILES string of the molecule is CC(C)(C)OC(=O)N1CCN(c2ccc3ccccc3c2)c2ccccc2C1. The summed E-state index contributed by atoms with van der Waals surface area (Å²) >= 11 is 0. The predicted octanol–water partition coefficient (Wildman–Crippen LogP) is 5.73. The summed E-state index contributed by atoms with van der Waals surface area (Å²) < 4.78 is 5.61. The molecule has 0 saturated heterocycles. The molecular weight excluding hydrogens is 348 g/mol. The average Bonchev–Trinajstić information content (AvgIpc) is 2.86. The van der Waals surface area contributed by atoms with Gasteiger partial charge in [-0.1, -0.05) is 48.5 Å². The van der Waals surface area contributed by atoms with Crippen LogP contribution >= 0.6 is 0 Å². The Balaban J connectivity index is 1.68. The molecule has 4 nitrogen and oxygen atoms in total. The molecule has 0 aromatic heterocycles. The first-order chi connectivity index (χ1) is 13.4. The van der Waals surface area contributed by atoms with Crippen LogP contribution in [0.2, 0.25) is 0 Å². The topological polar surface area (TPSA) is 32.8 Å². The molecule has 1 amide bonds. The highest BCUT2D eigenvalue weighted by Crippen LogP contribution is 2.33. The van der Waals surface area contributed by atoms with Gasteiger partial charge in [-0.25, -0.2) is 4.79 Å². The Hall–Kier alpha value is -3.01. The molecule has 0 spiro atoms. The predicted molar refractivity (Wildman–Crippen MR) is 114 cm³/mol. The first-order valence-electron chi connectivity index (χ1n) is 9.73. The van der Waals surface area contributed by atoms with Gasteiger partial charge in [-0.05, 0) is 55.3 Å². The first kappa shape index (κ1) is 18.4. The molecule has 1 aliphatic heterocycles. The number of ether oxygens (including phenoxy) is 1. The number of rotatable bonds is 1. The standard InChI is InChI=1S/C24H26N2O2/c1-24(2,3)28-23(27)25-14-15-26(22-11-7-6-10-20(22)17-25)21-13-12-18-8-4-5-9-19(18)16-21/h4-13,16H,14-15,17H2,1-3H3. The average molecular weight is 374 g/mol. The van der Waals surface area contributed by atoms with E-state index in [9.17, 15) is 4.79 Å². The zero-order valence-electron chi connectivity index (χ0n) is 16.7. The Morgan fingerprint density at radius 1 is 0.893 bits per heavy atom. The van der Waals surface area contributed by atoms with E-state index in [2.05, 4.69) is 65.6 Å². The van der Waals surface area contributed by atoms with Gasteiger partial charge in [-0.3, -0.25) is 0 Å². The van der Waals surface area contributed by atoms with E-state index >= 15 is 0 Å². The molecule has 4 heteroatoms. The number of para-hydroxylation sites is 1. The van der Waals surface area contributed by atoms with Gasteiger partial charge in [0, 0.05) is 24.5 Å². The minimum absolute atomic E-state index is 0.261. The lowest BCUT2D eigenvalue weighted by molar-refractivity contribution is 0.0244. The van der Waals surface area contributed by atoms with E-state index in [1.165, 1.54) is 10.8 Å². The van der Waals surface area contributed by atoms with Gasteiger partial charge >= 0.3 is 6.09 Å². The van der Waals surface area contributed by atoms with E-state index < -0.39 is 5.60 Å². The van der Waals surface area contributed by atoms with E-state index in [0.29, 0.717) is 19.6 Å². The maximum absolute atomic E-state index is 12.7. The number of carbonyl (C=O) groups is 1. The lowest BCUT2D eigenvalue weighted by Crippen LogP contribution is -2.38. The van der Waals surface area contributed by atoms with E-state index in [0.717, 1.165) is 16.9 Å². The van der Waals surface area contributed by atoms with E-state index in [1.807, 2.05) is 26.8 Å². The number of fused-ring (bicyclic) bond motifs is 2. The second-order valence-electron chi connectivity index (χ2n) is 8.21. The van der Waals surface area contributed by atoms with Crippen molar-refractivity contribution in [2.75, 3.05) is 18.0 Å². The number of nitrogens with zero attached hydrogens (tertiary/aromatic N) is 2. The van der Waals surface area contributed by atoms with E-state index in [-0.39, 0.29) is 6.09 Å². The molecule has 0 unspecified atom stereocenters. The monoisotopic (exact) mass is 374 g/mol. The summed E-state index contributed by atoms with van der Waals surface area (Å²) in [6.45, 7) is 7.58. The van der Waals surface area contributed by atoms with Crippen LogP contribution in [-0.4, -0.2) is 29.7 Å². The highest BCUT2D eigenvalue weighted by Gasteiger charge is 2.27. The van der Waals surface area contributed by atoms with Crippen LogP contribution < -0.4 is 4.90 Å². The van der Waals surface area contributed by atoms with Gasteiger partial charge in [0.15, 0.2) is 0 Å². The van der Waals surface area contributed by atoms with Gasteiger partial charge in [0.05, 0.1) is 6.54 Å². The molecule has 144 valence electrons. The zero-order chi connectivity index (χ0) is 19.7. The summed E-state index contributed by atoms with van der Waals surface area (Å²) in [4.78, 5) is 16.8. The van der Waals surface area contributed by atoms with Crippen LogP contribution in [0.3, 0.4) is 0 Å². The van der Waals surface area contributed by atoms with Crippen molar-refractivity contribution in [1.29, 1.82) is 0 Å². The Bertz CT molecular complexity index is 1010. The smallest absolute Gasteiger partial charge is 0.410 e. The van der Waals surface area contributed by atoms with Crippen LogP contribution in [0.15, 0.2) is 66.7 Å². The van der Waals surface area contributed by atoms with Crippen LogP contribution in [-0.2, 0) is 11.3 Å². The Morgan fingerprint density at radius 3 is 2.39 bits per heavy atom. The third kappa shape index (κ3) is 3.81. The van der Waals surface area contributed by atoms with Crippen molar-refractivity contribution in [1.82, 2.24) is 4.90 Å². The Labute approximate surface area is 166 Å². The fraction of sp³-hybridized carbons (Fsp3) is 0.292. The van der Waals surface area contributed by atoms with Gasteiger partial charge in [-0.2, -0.15) is 0 Å². The summed E-state index contributed by atoms with van der Waals surface area (Å²) in [5.41, 5.74) is 2.90. The third-order valence-corrected chi connectivity index (χ3v) is 4.93. The van der Waals surface area contributed by atoms with Crippen molar-refractivity contribution in [3.8, 4) is 0 Å². The molecule has 0 N–H and O–H groups in total. The van der Waals surface area contributed by atoms with Crippen LogP contribution in [0, 0.1) is 0 Å². The lowest BCUT2D eigenvalue weighted by atomic mass is 10.1. The molecule has 0 saturated carbocycles. The number of hydrogen-bond acceptors (Lipinski definition) is 3. The van der Waals surface area contributed by atoms with Crippen LogP contribution in [0.4, 0.5) is 16.2 Å².